The Bertz CT molecular complexity index is 95.8. The normalized spacial score (nSPS) is 25.2. The van der Waals surface area contributed by atoms with Crippen molar-refractivity contribution < 1.29 is 14.6 Å². The van der Waals surface area contributed by atoms with Crippen molar-refractivity contribution in [1.29, 1.82) is 0 Å². The fourth-order valence-electron chi connectivity index (χ4n) is 0.519. The van der Waals surface area contributed by atoms with Crippen molar-refractivity contribution in [2.24, 2.45) is 0 Å². The summed E-state index contributed by atoms with van der Waals surface area (Å²) in [6.07, 6.45) is 1.17. The van der Waals surface area contributed by atoms with E-state index in [-0.39, 0.29) is 12.5 Å². The van der Waals surface area contributed by atoms with Gasteiger partial charge >= 0.3 is 5.97 Å². The zero-order valence-electron chi connectivity index (χ0n) is 4.46. The monoisotopic (exact) mass is 116 g/mol. The van der Waals surface area contributed by atoms with Crippen LogP contribution in [0.15, 0.2) is 0 Å². The quantitative estimate of drug-likeness (QED) is 0.538. The molecule has 1 aliphatic rings. The Morgan fingerprint density at radius 3 is 2.88 bits per heavy atom. The molecular formula is C5H8O3. The van der Waals surface area contributed by atoms with E-state index in [2.05, 4.69) is 0 Å². The number of aliphatic carboxylic acids is 1. The minimum absolute atomic E-state index is 0.241. The highest BCUT2D eigenvalue weighted by Gasteiger charge is 2.22. The van der Waals surface area contributed by atoms with Crippen LogP contribution in [0.2, 0.25) is 0 Å². The van der Waals surface area contributed by atoms with Gasteiger partial charge < -0.3 is 9.84 Å². The summed E-state index contributed by atoms with van der Waals surface area (Å²) in [6.45, 7) is 0.757. The summed E-state index contributed by atoms with van der Waals surface area (Å²) in [4.78, 5) is 9.88. The maximum Gasteiger partial charge on any atom is 0.303 e. The van der Waals surface area contributed by atoms with Crippen molar-refractivity contribution in [2.75, 3.05) is 6.61 Å². The third-order valence-electron chi connectivity index (χ3n) is 1.08. The Kier molecular flexibility index (Phi) is 1.48. The lowest BCUT2D eigenvalue weighted by molar-refractivity contribution is -0.137. The first-order chi connectivity index (χ1) is 3.79. The Morgan fingerprint density at radius 1 is 1.88 bits per heavy atom. The van der Waals surface area contributed by atoms with Crippen molar-refractivity contribution in [3.63, 3.8) is 0 Å². The number of hydrogen-bond donors (Lipinski definition) is 1. The number of carboxylic acid groups (broad SMARTS) is 1. The summed E-state index contributed by atoms with van der Waals surface area (Å²) in [6, 6.07) is 0. The first kappa shape index (κ1) is 5.56. The van der Waals surface area contributed by atoms with Crippen LogP contribution in [0.25, 0.3) is 0 Å². The van der Waals surface area contributed by atoms with Gasteiger partial charge in [0, 0.05) is 6.42 Å². The molecule has 0 aromatic heterocycles. The summed E-state index contributed by atoms with van der Waals surface area (Å²) in [5.41, 5.74) is 0. The molecule has 0 spiro atoms. The average molecular weight is 116 g/mol. The fourth-order valence-corrected chi connectivity index (χ4v) is 0.519. The lowest BCUT2D eigenvalue weighted by Gasteiger charge is -1.85. The molecule has 0 bridgehead atoms. The number of carbonyl (C=O) groups is 1. The van der Waals surface area contributed by atoms with Gasteiger partial charge in [0.15, 0.2) is 0 Å². The topological polar surface area (TPSA) is 49.8 Å². The molecule has 1 heterocycles. The minimum Gasteiger partial charge on any atom is -0.481 e. The molecule has 46 valence electrons. The van der Waals surface area contributed by atoms with Crippen LogP contribution < -0.4 is 0 Å². The molecule has 0 amide bonds. The SMILES string of the molecule is O=C(O)CC[C@@H]1CO1. The molecular weight excluding hydrogens is 108 g/mol. The van der Waals surface area contributed by atoms with E-state index in [0.29, 0.717) is 6.42 Å². The Labute approximate surface area is 47.3 Å². The van der Waals surface area contributed by atoms with Crippen molar-refractivity contribution in [1.82, 2.24) is 0 Å². The highest BCUT2D eigenvalue weighted by atomic mass is 16.6. The van der Waals surface area contributed by atoms with Crippen LogP contribution in [0.4, 0.5) is 0 Å². The van der Waals surface area contributed by atoms with Crippen LogP contribution in [0.1, 0.15) is 12.8 Å². The maximum atomic E-state index is 9.88. The van der Waals surface area contributed by atoms with Crippen molar-refractivity contribution in [3.05, 3.63) is 0 Å². The second kappa shape index (κ2) is 2.13. The molecule has 0 aromatic rings. The molecule has 3 heteroatoms. The van der Waals surface area contributed by atoms with Crippen LogP contribution in [0.5, 0.6) is 0 Å². The lowest BCUT2D eigenvalue weighted by atomic mass is 10.2. The minimum atomic E-state index is -0.736. The first-order valence-corrected chi connectivity index (χ1v) is 2.62. The number of epoxide rings is 1. The second-order valence-electron chi connectivity index (χ2n) is 1.89. The molecule has 0 aromatic carbocycles. The van der Waals surface area contributed by atoms with E-state index in [1.165, 1.54) is 0 Å². The number of carboxylic acids is 1. The zero-order valence-corrected chi connectivity index (χ0v) is 4.46. The maximum absolute atomic E-state index is 9.88. The number of ether oxygens (including phenoxy) is 1. The molecule has 0 saturated carbocycles. The summed E-state index contributed by atoms with van der Waals surface area (Å²) in [5, 5.41) is 8.13. The molecule has 1 rings (SSSR count). The van der Waals surface area contributed by atoms with Crippen LogP contribution in [0, 0.1) is 0 Å². The molecule has 1 saturated heterocycles. The van der Waals surface area contributed by atoms with E-state index in [4.69, 9.17) is 9.84 Å². The fraction of sp³-hybridized carbons (Fsp3) is 0.800. The largest absolute Gasteiger partial charge is 0.481 e. The van der Waals surface area contributed by atoms with Crippen molar-refractivity contribution in [3.8, 4) is 0 Å². The first-order valence-electron chi connectivity index (χ1n) is 2.62. The van der Waals surface area contributed by atoms with E-state index in [1.54, 1.807) is 0 Å². The summed E-state index contributed by atoms with van der Waals surface area (Å²) in [5.74, 6) is -0.736. The Morgan fingerprint density at radius 2 is 2.50 bits per heavy atom. The van der Waals surface area contributed by atoms with Gasteiger partial charge in [0.05, 0.1) is 12.7 Å². The summed E-state index contributed by atoms with van der Waals surface area (Å²) < 4.78 is 4.80. The zero-order chi connectivity index (χ0) is 5.98. The van der Waals surface area contributed by atoms with Gasteiger partial charge in [-0.05, 0) is 6.42 Å². The van der Waals surface area contributed by atoms with E-state index in [0.717, 1.165) is 6.61 Å². The van der Waals surface area contributed by atoms with E-state index in [1.807, 2.05) is 0 Å². The molecule has 0 unspecified atom stereocenters. The highest BCUT2D eigenvalue weighted by molar-refractivity contribution is 5.66. The second-order valence-corrected chi connectivity index (χ2v) is 1.89. The Balaban J connectivity index is 1.95. The number of rotatable bonds is 3. The van der Waals surface area contributed by atoms with E-state index >= 15 is 0 Å². The molecule has 1 atom stereocenters. The van der Waals surface area contributed by atoms with Crippen LogP contribution in [0.3, 0.4) is 0 Å². The number of hydrogen-bond acceptors (Lipinski definition) is 2. The molecule has 0 aliphatic carbocycles. The van der Waals surface area contributed by atoms with Gasteiger partial charge in [0.2, 0.25) is 0 Å². The van der Waals surface area contributed by atoms with Gasteiger partial charge in [-0.25, -0.2) is 0 Å². The molecule has 8 heavy (non-hydrogen) atoms. The smallest absolute Gasteiger partial charge is 0.303 e. The van der Waals surface area contributed by atoms with Gasteiger partial charge in [-0.15, -0.1) is 0 Å². The Hall–Kier alpha value is -0.570. The van der Waals surface area contributed by atoms with Gasteiger partial charge in [-0.3, -0.25) is 4.79 Å². The molecule has 1 N–H and O–H groups in total. The molecule has 3 nitrogen and oxygen atoms in total. The van der Waals surface area contributed by atoms with Crippen molar-refractivity contribution >= 4 is 5.97 Å². The van der Waals surface area contributed by atoms with Gasteiger partial charge in [-0.2, -0.15) is 0 Å². The summed E-state index contributed by atoms with van der Waals surface area (Å²) >= 11 is 0. The van der Waals surface area contributed by atoms with E-state index < -0.39 is 5.97 Å². The van der Waals surface area contributed by atoms with Crippen molar-refractivity contribution in [2.45, 2.75) is 18.9 Å². The lowest BCUT2D eigenvalue weighted by Crippen LogP contribution is -1.96. The summed E-state index contributed by atoms with van der Waals surface area (Å²) in [7, 11) is 0. The van der Waals surface area contributed by atoms with Crippen LogP contribution >= 0.6 is 0 Å². The third kappa shape index (κ3) is 1.93. The highest BCUT2D eigenvalue weighted by Crippen LogP contribution is 2.14. The molecule has 1 fully saturated rings. The van der Waals surface area contributed by atoms with Crippen LogP contribution in [-0.2, 0) is 9.53 Å². The standard InChI is InChI=1S/C5H8O3/c6-5(7)2-1-4-3-8-4/h4H,1-3H2,(H,6,7)/t4-/m1/s1. The molecule has 1 aliphatic heterocycles. The predicted molar refractivity (Wildman–Crippen MR) is 26.6 cm³/mol. The predicted octanol–water partition coefficient (Wildman–Crippen LogP) is 0.250. The molecule has 0 radical (unpaired) electrons. The van der Waals surface area contributed by atoms with E-state index in [9.17, 15) is 4.79 Å². The van der Waals surface area contributed by atoms with Gasteiger partial charge in [0.25, 0.3) is 0 Å². The average Bonchev–Trinajstić information content (AvgIpc) is 2.41. The van der Waals surface area contributed by atoms with Gasteiger partial charge in [0.1, 0.15) is 0 Å². The van der Waals surface area contributed by atoms with Gasteiger partial charge in [-0.1, -0.05) is 0 Å². The third-order valence-corrected chi connectivity index (χ3v) is 1.08. The van der Waals surface area contributed by atoms with Crippen LogP contribution in [-0.4, -0.2) is 23.8 Å².